The average Bonchev–Trinajstić information content (AvgIpc) is 3.02. The van der Waals surface area contributed by atoms with Crippen molar-refractivity contribution in [2.45, 2.75) is 48.0 Å². The van der Waals surface area contributed by atoms with Crippen molar-refractivity contribution in [3.05, 3.63) is 58.5 Å². The number of ether oxygens (including phenoxy) is 1. The largest absolute Gasteiger partial charge is 0.512 e. The van der Waals surface area contributed by atoms with Gasteiger partial charge in [-0.2, -0.15) is 0 Å². The van der Waals surface area contributed by atoms with Gasteiger partial charge in [0.25, 0.3) is 0 Å². The normalized spacial score (nSPS) is 12.0. The molecular formula is C21H31N3O3. The lowest BCUT2D eigenvalue weighted by molar-refractivity contribution is -0.0979. The van der Waals surface area contributed by atoms with E-state index in [4.69, 9.17) is 9.53 Å². The highest BCUT2D eigenvalue weighted by Crippen LogP contribution is 2.23. The fourth-order valence-electron chi connectivity index (χ4n) is 2.28. The van der Waals surface area contributed by atoms with E-state index < -0.39 is 0 Å². The van der Waals surface area contributed by atoms with E-state index in [1.165, 1.54) is 0 Å². The van der Waals surface area contributed by atoms with Gasteiger partial charge in [0, 0.05) is 11.3 Å². The van der Waals surface area contributed by atoms with Crippen molar-refractivity contribution in [1.82, 2.24) is 15.0 Å². The van der Waals surface area contributed by atoms with E-state index in [0.717, 1.165) is 51.6 Å². The maximum Gasteiger partial charge on any atom is 0.177 e. The molecule has 0 amide bonds. The first-order valence-electron chi connectivity index (χ1n) is 8.59. The number of methoxy groups -OCH3 is 1. The number of aromatic nitrogens is 3. The van der Waals surface area contributed by atoms with Crippen LogP contribution in [0.5, 0.6) is 0 Å². The highest BCUT2D eigenvalue weighted by Gasteiger charge is 2.09. The number of pyridine rings is 1. The molecule has 0 bridgehead atoms. The zero-order valence-electron chi connectivity index (χ0n) is 17.4. The van der Waals surface area contributed by atoms with Gasteiger partial charge in [-0.3, -0.25) is 0 Å². The molecule has 6 nitrogen and oxygen atoms in total. The smallest absolute Gasteiger partial charge is 0.177 e. The Hall–Kier alpha value is -2.89. The van der Waals surface area contributed by atoms with Crippen LogP contribution in [0.2, 0.25) is 0 Å². The zero-order valence-corrected chi connectivity index (χ0v) is 17.4. The zero-order chi connectivity index (χ0) is 21.1. The maximum atomic E-state index is 9.36. The summed E-state index contributed by atoms with van der Waals surface area (Å²) in [5, 5.41) is 9.36. The Morgan fingerprint density at radius 2 is 1.74 bits per heavy atom. The van der Waals surface area contributed by atoms with Gasteiger partial charge in [0.1, 0.15) is 18.4 Å². The number of carbonyl (C=O) groups excluding carboxylic acids is 1. The summed E-state index contributed by atoms with van der Waals surface area (Å²) in [4.78, 5) is 19.6. The van der Waals surface area contributed by atoms with Crippen LogP contribution in [0.4, 0.5) is 0 Å². The number of aliphatic hydroxyl groups is 1. The van der Waals surface area contributed by atoms with Crippen LogP contribution >= 0.6 is 0 Å². The topological polar surface area (TPSA) is 88.1 Å². The van der Waals surface area contributed by atoms with Crippen LogP contribution in [0.25, 0.3) is 11.2 Å². The van der Waals surface area contributed by atoms with E-state index >= 15 is 0 Å². The third kappa shape index (κ3) is 7.09. The lowest BCUT2D eigenvalue weighted by Crippen LogP contribution is -1.98. The van der Waals surface area contributed by atoms with E-state index in [1.54, 1.807) is 14.0 Å². The molecule has 27 heavy (non-hydrogen) atoms. The van der Waals surface area contributed by atoms with E-state index in [1.807, 2.05) is 53.5 Å². The summed E-state index contributed by atoms with van der Waals surface area (Å²) in [5.41, 5.74) is 5.61. The molecule has 0 aliphatic rings. The molecule has 6 heteroatoms. The standard InChI is InChI=1S/C12H20O2.C8H9N3.CH2O/c1-7-8(2)9(3)12(14-6)10(4)11(5)13;1-5-3-4-7-8(9-5)11-6(2)10-7;1-2/h13H,2,7H2,1,3-6H3;3-4H,1-2H3,(H,9,10,11);1H2/b11-10+,12-9+;;. The van der Waals surface area contributed by atoms with Crippen molar-refractivity contribution in [3.8, 4) is 0 Å². The number of aliphatic hydroxyl groups excluding tert-OH is 1. The van der Waals surface area contributed by atoms with Crippen LogP contribution in [0.15, 0.2) is 46.9 Å². The van der Waals surface area contributed by atoms with Crippen molar-refractivity contribution >= 4 is 18.0 Å². The van der Waals surface area contributed by atoms with E-state index in [0.29, 0.717) is 0 Å². The van der Waals surface area contributed by atoms with Crippen LogP contribution in [-0.4, -0.2) is 34.0 Å². The van der Waals surface area contributed by atoms with E-state index in [-0.39, 0.29) is 5.76 Å². The molecule has 2 rings (SSSR count). The van der Waals surface area contributed by atoms with Gasteiger partial charge in [0.05, 0.1) is 18.4 Å². The number of aromatic amines is 1. The first-order chi connectivity index (χ1) is 12.7. The number of hydrogen-bond acceptors (Lipinski definition) is 5. The Morgan fingerprint density at radius 1 is 1.15 bits per heavy atom. The third-order valence-electron chi connectivity index (χ3n) is 3.99. The molecule has 0 unspecified atom stereocenters. The summed E-state index contributed by atoms with van der Waals surface area (Å²) in [6.45, 7) is 17.3. The molecule has 0 saturated heterocycles. The summed E-state index contributed by atoms with van der Waals surface area (Å²) >= 11 is 0. The number of carbonyl (C=O) groups is 1. The molecule has 0 fully saturated rings. The Balaban J connectivity index is 0.000000465. The van der Waals surface area contributed by atoms with Crippen LogP contribution in [0.3, 0.4) is 0 Å². The fraction of sp³-hybridized carbons (Fsp3) is 0.381. The molecule has 2 N–H and O–H groups in total. The molecule has 0 aliphatic heterocycles. The molecule has 2 aromatic rings. The van der Waals surface area contributed by atoms with Gasteiger partial charge in [-0.1, -0.05) is 13.5 Å². The second kappa shape index (κ2) is 11.7. The predicted molar refractivity (Wildman–Crippen MR) is 111 cm³/mol. The first-order valence-corrected chi connectivity index (χ1v) is 8.59. The van der Waals surface area contributed by atoms with Gasteiger partial charge in [-0.05, 0) is 64.3 Å². The molecule has 2 aromatic heterocycles. The molecule has 0 aliphatic carbocycles. The minimum Gasteiger partial charge on any atom is -0.512 e. The summed E-state index contributed by atoms with van der Waals surface area (Å²) < 4.78 is 5.26. The number of nitrogens with one attached hydrogen (secondary N) is 1. The number of imidazole rings is 1. The molecular weight excluding hydrogens is 342 g/mol. The van der Waals surface area contributed by atoms with E-state index in [2.05, 4.69) is 21.5 Å². The Bertz CT molecular complexity index is 828. The first kappa shape index (κ1) is 24.1. The number of allylic oxidation sites excluding steroid dienone is 4. The van der Waals surface area contributed by atoms with Crippen molar-refractivity contribution in [3.63, 3.8) is 0 Å². The van der Waals surface area contributed by atoms with Gasteiger partial charge in [0.2, 0.25) is 0 Å². The molecule has 0 aromatic carbocycles. The Morgan fingerprint density at radius 3 is 2.22 bits per heavy atom. The number of H-pyrrole nitrogens is 1. The van der Waals surface area contributed by atoms with Gasteiger partial charge < -0.3 is 19.6 Å². The quantitative estimate of drug-likeness (QED) is 0.574. The molecule has 0 spiro atoms. The lowest BCUT2D eigenvalue weighted by atomic mass is 10.0. The lowest BCUT2D eigenvalue weighted by Gasteiger charge is -2.13. The summed E-state index contributed by atoms with van der Waals surface area (Å²) in [6, 6.07) is 3.97. The minimum absolute atomic E-state index is 0.283. The summed E-state index contributed by atoms with van der Waals surface area (Å²) in [7, 11) is 1.61. The van der Waals surface area contributed by atoms with Crippen molar-refractivity contribution in [2.24, 2.45) is 0 Å². The second-order valence-corrected chi connectivity index (χ2v) is 5.97. The van der Waals surface area contributed by atoms with Crippen molar-refractivity contribution in [1.29, 1.82) is 0 Å². The fourth-order valence-corrected chi connectivity index (χ4v) is 2.28. The second-order valence-electron chi connectivity index (χ2n) is 5.97. The minimum atomic E-state index is 0.283. The summed E-state index contributed by atoms with van der Waals surface area (Å²) in [5.74, 6) is 1.92. The Kier molecular flexibility index (Phi) is 10.4. The van der Waals surface area contributed by atoms with Crippen molar-refractivity contribution < 1.29 is 14.6 Å². The Labute approximate surface area is 161 Å². The highest BCUT2D eigenvalue weighted by molar-refractivity contribution is 5.70. The monoisotopic (exact) mass is 373 g/mol. The molecule has 0 saturated carbocycles. The van der Waals surface area contributed by atoms with Crippen LogP contribution in [0, 0.1) is 13.8 Å². The third-order valence-corrected chi connectivity index (χ3v) is 3.99. The van der Waals surface area contributed by atoms with Crippen LogP contribution < -0.4 is 0 Å². The van der Waals surface area contributed by atoms with Gasteiger partial charge in [0.15, 0.2) is 5.65 Å². The van der Waals surface area contributed by atoms with Gasteiger partial charge in [-0.15, -0.1) is 0 Å². The predicted octanol–water partition coefficient (Wildman–Crippen LogP) is 5.11. The van der Waals surface area contributed by atoms with Gasteiger partial charge >= 0.3 is 0 Å². The number of rotatable bonds is 4. The SMILES string of the molecule is C=C(CC)/C(C)=C(OC)\C(C)=C(/C)O.C=O.Cc1ccc2[nH]c(C)nc2n1. The van der Waals surface area contributed by atoms with E-state index in [9.17, 15) is 5.11 Å². The number of fused-ring (bicyclic) bond motifs is 1. The number of hydrogen-bond donors (Lipinski definition) is 2. The molecule has 0 atom stereocenters. The number of aryl methyl sites for hydroxylation is 2. The van der Waals surface area contributed by atoms with Crippen LogP contribution in [0.1, 0.15) is 45.6 Å². The van der Waals surface area contributed by atoms with Crippen LogP contribution in [-0.2, 0) is 9.53 Å². The van der Waals surface area contributed by atoms with Gasteiger partial charge in [-0.25, -0.2) is 9.97 Å². The molecule has 2 heterocycles. The number of nitrogens with zero attached hydrogens (tertiary/aromatic N) is 2. The molecule has 148 valence electrons. The highest BCUT2D eigenvalue weighted by atomic mass is 16.5. The average molecular weight is 373 g/mol. The summed E-state index contributed by atoms with van der Waals surface area (Å²) in [6.07, 6.45) is 0.885. The molecule has 0 radical (unpaired) electrons. The van der Waals surface area contributed by atoms with Crippen molar-refractivity contribution in [2.75, 3.05) is 7.11 Å². The maximum absolute atomic E-state index is 9.36.